The lowest BCUT2D eigenvalue weighted by Gasteiger charge is -2.32. The van der Waals surface area contributed by atoms with Crippen molar-refractivity contribution < 1.29 is 28.1 Å². The number of furan rings is 1. The van der Waals surface area contributed by atoms with Gasteiger partial charge in [0.25, 0.3) is 0 Å². The van der Waals surface area contributed by atoms with Gasteiger partial charge in [-0.15, -0.1) is 6.42 Å². The van der Waals surface area contributed by atoms with Gasteiger partial charge in [-0.05, 0) is 30.0 Å². The number of ether oxygens (including phenoxy) is 3. The molecule has 0 amide bonds. The molecule has 1 aliphatic rings. The van der Waals surface area contributed by atoms with Crippen molar-refractivity contribution in [3.8, 4) is 34.6 Å². The lowest BCUT2D eigenvalue weighted by molar-refractivity contribution is -0.0182. The molecule has 5 rings (SSSR count). The molecule has 0 bridgehead atoms. The summed E-state index contributed by atoms with van der Waals surface area (Å²) in [6.45, 7) is 2.92. The molecule has 4 aromatic rings. The van der Waals surface area contributed by atoms with Gasteiger partial charge in [0.2, 0.25) is 4.96 Å². The van der Waals surface area contributed by atoms with Crippen molar-refractivity contribution in [2.24, 2.45) is 4.99 Å². The summed E-state index contributed by atoms with van der Waals surface area (Å²) in [6, 6.07) is 5.38. The molecule has 0 radical (unpaired) electrons. The Morgan fingerprint density at radius 3 is 2.92 bits per heavy atom. The van der Waals surface area contributed by atoms with E-state index in [9.17, 15) is 9.50 Å². The van der Waals surface area contributed by atoms with E-state index in [0.717, 1.165) is 17.1 Å². The molecule has 194 valence electrons. The van der Waals surface area contributed by atoms with Gasteiger partial charge in [0.15, 0.2) is 16.9 Å². The number of aliphatic hydroxyl groups is 1. The zero-order valence-electron chi connectivity index (χ0n) is 20.3. The molecule has 37 heavy (non-hydrogen) atoms. The van der Waals surface area contributed by atoms with Gasteiger partial charge in [-0.25, -0.2) is 13.9 Å². The van der Waals surface area contributed by atoms with Crippen LogP contribution < -0.4 is 9.47 Å². The van der Waals surface area contributed by atoms with Crippen LogP contribution in [0.1, 0.15) is 30.9 Å². The van der Waals surface area contributed by atoms with Crippen molar-refractivity contribution in [2.75, 3.05) is 33.5 Å². The normalized spacial score (nSPS) is 16.7. The number of methoxy groups -OCH3 is 1. The number of thioether (sulfide) groups is 1. The monoisotopic (exact) mass is 544 g/mol. The number of aliphatic imine (C=N–C) groups is 1. The molecule has 1 aliphatic heterocycles. The van der Waals surface area contributed by atoms with Crippen molar-refractivity contribution in [2.45, 2.75) is 31.5 Å². The maximum absolute atomic E-state index is 13.6. The third-order valence-electron chi connectivity index (χ3n) is 5.94. The van der Waals surface area contributed by atoms with Crippen molar-refractivity contribution in [3.05, 3.63) is 29.4 Å². The number of hydrogen-bond donors (Lipinski definition) is 1. The minimum Gasteiger partial charge on any atom is -0.496 e. The second kappa shape index (κ2) is 10.7. The minimum absolute atomic E-state index is 0.248. The summed E-state index contributed by atoms with van der Waals surface area (Å²) >= 11 is 2.28. The third-order valence-corrected chi connectivity index (χ3v) is 7.83. The number of imidazole rings is 1. The highest BCUT2D eigenvalue weighted by molar-refractivity contribution is 8.18. The molecule has 1 saturated heterocycles. The summed E-state index contributed by atoms with van der Waals surface area (Å²) < 4.78 is 38.0. The van der Waals surface area contributed by atoms with Gasteiger partial charge in [0.05, 0.1) is 25.2 Å². The first-order chi connectivity index (χ1) is 17.9. The van der Waals surface area contributed by atoms with E-state index in [1.54, 1.807) is 30.0 Å². The second-order valence-electron chi connectivity index (χ2n) is 8.46. The standard InChI is InChI=1S/C25H25FN4O5S2/c1-4-36-23(25(31)5-8-33-9-6-25)27-7-10-34-19-11-16(32-3)12-20-17(19)13-21(35-20)18-14-30-24(28-18)37-22(29-30)15(2)26/h1,11-15,31H,5-10H2,2-3H3/b27-23-/t15-/m0/s1. The largest absolute Gasteiger partial charge is 0.496 e. The minimum atomic E-state index is -1.15. The van der Waals surface area contributed by atoms with E-state index in [0.29, 0.717) is 76.1 Å². The fourth-order valence-electron chi connectivity index (χ4n) is 4.00. The van der Waals surface area contributed by atoms with E-state index in [2.05, 4.69) is 20.3 Å². The van der Waals surface area contributed by atoms with Crippen LogP contribution in [0.2, 0.25) is 0 Å². The van der Waals surface area contributed by atoms with Crippen molar-refractivity contribution in [3.63, 3.8) is 0 Å². The van der Waals surface area contributed by atoms with Gasteiger partial charge in [-0.1, -0.05) is 11.3 Å². The molecule has 9 nitrogen and oxygen atoms in total. The highest BCUT2D eigenvalue weighted by atomic mass is 32.2. The summed E-state index contributed by atoms with van der Waals surface area (Å²) in [5.74, 6) is 1.65. The van der Waals surface area contributed by atoms with Crippen LogP contribution in [0.25, 0.3) is 27.4 Å². The molecular formula is C25H25FN4O5S2. The Balaban J connectivity index is 1.36. The van der Waals surface area contributed by atoms with Gasteiger partial charge in [0.1, 0.15) is 40.0 Å². The quantitative estimate of drug-likeness (QED) is 0.145. The first-order valence-electron chi connectivity index (χ1n) is 11.6. The molecule has 1 N–H and O–H groups in total. The number of halogens is 1. The van der Waals surface area contributed by atoms with E-state index in [1.165, 1.54) is 18.3 Å². The van der Waals surface area contributed by atoms with E-state index in [1.807, 2.05) is 6.07 Å². The first-order valence-corrected chi connectivity index (χ1v) is 13.3. The Labute approximate surface area is 220 Å². The topological polar surface area (TPSA) is 104 Å². The van der Waals surface area contributed by atoms with Crippen LogP contribution in [-0.2, 0) is 4.74 Å². The van der Waals surface area contributed by atoms with Gasteiger partial charge in [-0.2, -0.15) is 5.10 Å². The third kappa shape index (κ3) is 5.31. The predicted molar refractivity (Wildman–Crippen MR) is 141 cm³/mol. The van der Waals surface area contributed by atoms with Crippen molar-refractivity contribution in [1.29, 1.82) is 0 Å². The molecule has 0 aliphatic carbocycles. The molecule has 12 heteroatoms. The van der Waals surface area contributed by atoms with Crippen LogP contribution in [0.3, 0.4) is 0 Å². The SMILES string of the molecule is C#CS/C(=N\CCOc1cc(OC)cc2oc(-c3cn4nc([C@H](C)F)sc4n3)cc12)C1(O)CCOCC1. The van der Waals surface area contributed by atoms with E-state index in [-0.39, 0.29) is 6.61 Å². The van der Waals surface area contributed by atoms with Gasteiger partial charge in [0, 0.05) is 38.2 Å². The molecule has 4 heterocycles. The van der Waals surface area contributed by atoms with Crippen molar-refractivity contribution in [1.82, 2.24) is 14.6 Å². The van der Waals surface area contributed by atoms with E-state index >= 15 is 0 Å². The smallest absolute Gasteiger partial charge is 0.212 e. The molecule has 1 fully saturated rings. The molecule has 3 aromatic heterocycles. The first kappa shape index (κ1) is 25.5. The predicted octanol–water partition coefficient (Wildman–Crippen LogP) is 4.89. The Morgan fingerprint density at radius 2 is 2.22 bits per heavy atom. The van der Waals surface area contributed by atoms with E-state index in [4.69, 9.17) is 25.1 Å². The second-order valence-corrected chi connectivity index (χ2v) is 10.3. The molecular weight excluding hydrogens is 519 g/mol. The molecule has 0 spiro atoms. The number of aromatic nitrogens is 3. The fraction of sp³-hybridized carbons (Fsp3) is 0.400. The Morgan fingerprint density at radius 1 is 1.41 bits per heavy atom. The number of fused-ring (bicyclic) bond motifs is 2. The molecule has 1 aromatic carbocycles. The lowest BCUT2D eigenvalue weighted by atomic mass is 9.96. The van der Waals surface area contributed by atoms with Gasteiger partial charge < -0.3 is 23.7 Å². The van der Waals surface area contributed by atoms with Gasteiger partial charge >= 0.3 is 0 Å². The van der Waals surface area contributed by atoms with Crippen LogP contribution in [0.15, 0.2) is 33.8 Å². The summed E-state index contributed by atoms with van der Waals surface area (Å²) in [5, 5.41) is 19.3. The number of alkyl halides is 1. The number of rotatable bonds is 8. The zero-order valence-corrected chi connectivity index (χ0v) is 21.9. The summed E-state index contributed by atoms with van der Waals surface area (Å²) in [4.78, 5) is 9.66. The highest BCUT2D eigenvalue weighted by Gasteiger charge is 2.35. The maximum atomic E-state index is 13.6. The average Bonchev–Trinajstić information content (AvgIpc) is 3.59. The fourth-order valence-corrected chi connectivity index (χ4v) is 5.47. The number of hydrogen-bond acceptors (Lipinski definition) is 10. The highest BCUT2D eigenvalue weighted by Crippen LogP contribution is 2.37. The van der Waals surface area contributed by atoms with Gasteiger partial charge in [-0.3, -0.25) is 4.99 Å². The lowest BCUT2D eigenvalue weighted by Crippen LogP contribution is -2.42. The summed E-state index contributed by atoms with van der Waals surface area (Å²) in [5.41, 5.74) is 0.0623. The number of nitrogens with zero attached hydrogens (tertiary/aromatic N) is 4. The van der Waals surface area contributed by atoms with Crippen LogP contribution in [0, 0.1) is 11.7 Å². The van der Waals surface area contributed by atoms with Crippen LogP contribution >= 0.6 is 23.1 Å². The van der Waals surface area contributed by atoms with Crippen LogP contribution in [-0.4, -0.2) is 63.8 Å². The average molecular weight is 545 g/mol. The van der Waals surface area contributed by atoms with Crippen LogP contribution in [0.5, 0.6) is 11.5 Å². The molecule has 0 saturated carbocycles. The Hall–Kier alpha value is -3.11. The van der Waals surface area contributed by atoms with Crippen LogP contribution in [0.4, 0.5) is 4.39 Å². The Kier molecular flexibility index (Phi) is 7.39. The summed E-state index contributed by atoms with van der Waals surface area (Å²) in [7, 11) is 1.57. The van der Waals surface area contributed by atoms with Crippen molar-refractivity contribution >= 4 is 44.1 Å². The number of benzene rings is 1. The van der Waals surface area contributed by atoms with E-state index < -0.39 is 11.8 Å². The molecule has 0 unspecified atom stereocenters. The molecule has 1 atom stereocenters. The zero-order chi connectivity index (χ0) is 26.0. The summed E-state index contributed by atoms with van der Waals surface area (Å²) in [6.07, 6.45) is 6.93. The Bertz CT molecular complexity index is 1450. The maximum Gasteiger partial charge on any atom is 0.212 e. The number of terminal acetylenes is 1.